The first kappa shape index (κ1) is 24.4. The van der Waals surface area contributed by atoms with Gasteiger partial charge in [0.15, 0.2) is 0 Å². The van der Waals surface area contributed by atoms with E-state index in [1.54, 1.807) is 0 Å². The Kier molecular flexibility index (Phi) is 17.0. The van der Waals surface area contributed by atoms with Crippen molar-refractivity contribution in [2.24, 2.45) is 11.5 Å². The predicted molar refractivity (Wildman–Crippen MR) is 87.6 cm³/mol. The number of esters is 1. The second-order valence-electron chi connectivity index (χ2n) is 4.32. The Labute approximate surface area is 136 Å². The molecule has 138 valence electrons. The molecule has 0 aromatic heterocycles. The highest BCUT2D eigenvalue weighted by atomic mass is 31.2. The van der Waals surface area contributed by atoms with E-state index in [2.05, 4.69) is 26.5 Å². The summed E-state index contributed by atoms with van der Waals surface area (Å²) in [4.78, 5) is 27.1. The van der Waals surface area contributed by atoms with Crippen molar-refractivity contribution >= 4 is 13.8 Å². The van der Waals surface area contributed by atoms with Gasteiger partial charge in [0.25, 0.3) is 0 Å². The summed E-state index contributed by atoms with van der Waals surface area (Å²) in [6, 6.07) is 0. The van der Waals surface area contributed by atoms with Crippen molar-refractivity contribution < 1.29 is 28.4 Å². The lowest BCUT2D eigenvalue weighted by Gasteiger charge is -2.05. The van der Waals surface area contributed by atoms with Crippen LogP contribution in [0.15, 0.2) is 12.2 Å². The van der Waals surface area contributed by atoms with Crippen molar-refractivity contribution in [3.05, 3.63) is 12.2 Å². The highest BCUT2D eigenvalue weighted by molar-refractivity contribution is 7.46. The molecule has 0 bridgehead atoms. The molecule has 23 heavy (non-hydrogen) atoms. The fourth-order valence-corrected chi connectivity index (χ4v) is 1.36. The van der Waals surface area contributed by atoms with Crippen molar-refractivity contribution in [3.63, 3.8) is 0 Å². The fourth-order valence-electron chi connectivity index (χ4n) is 1.04. The van der Waals surface area contributed by atoms with Crippen LogP contribution in [0.1, 0.15) is 6.92 Å². The molecule has 0 aliphatic carbocycles. The molecular formula is C12H29N4O6P. The van der Waals surface area contributed by atoms with Crippen molar-refractivity contribution in [1.29, 1.82) is 0 Å². The van der Waals surface area contributed by atoms with Gasteiger partial charge in [-0.1, -0.05) is 6.58 Å². The molecule has 0 aliphatic rings. The first-order valence-corrected chi connectivity index (χ1v) is 8.62. The van der Waals surface area contributed by atoms with Crippen LogP contribution in [0.5, 0.6) is 0 Å². The van der Waals surface area contributed by atoms with Crippen LogP contribution in [0.2, 0.25) is 0 Å². The summed E-state index contributed by atoms with van der Waals surface area (Å²) in [5.41, 5.74) is 10.8. The lowest BCUT2D eigenvalue weighted by Crippen LogP contribution is -2.32. The number of carbonyl (C=O) groups excluding carboxylic acids is 1. The second-order valence-corrected chi connectivity index (χ2v) is 5.56. The molecule has 10 nitrogen and oxygen atoms in total. The minimum Gasteiger partial charge on any atom is -0.460 e. The number of hydrogen-bond acceptors (Lipinski definition) is 8. The Morgan fingerprint density at radius 2 is 1.57 bits per heavy atom. The van der Waals surface area contributed by atoms with Gasteiger partial charge >= 0.3 is 13.8 Å². The third-order valence-corrected chi connectivity index (χ3v) is 2.56. The zero-order chi connectivity index (χ0) is 18.1. The van der Waals surface area contributed by atoms with E-state index < -0.39 is 13.8 Å². The lowest BCUT2D eigenvalue weighted by molar-refractivity contribution is -0.139. The van der Waals surface area contributed by atoms with Gasteiger partial charge in [0.05, 0.1) is 6.61 Å². The SMILES string of the molecule is C=C(C)C(=O)OCCOP(=O)(O)O.NCCNCCNCCN. The van der Waals surface area contributed by atoms with E-state index in [0.29, 0.717) is 13.1 Å². The molecule has 0 aliphatic heterocycles. The number of nitrogens with two attached hydrogens (primary N) is 2. The molecule has 11 heteroatoms. The van der Waals surface area contributed by atoms with Crippen LogP contribution in [0.25, 0.3) is 0 Å². The van der Waals surface area contributed by atoms with E-state index in [9.17, 15) is 9.36 Å². The Bertz CT molecular complexity index is 355. The van der Waals surface area contributed by atoms with E-state index in [4.69, 9.17) is 21.3 Å². The Hall–Kier alpha value is -0.840. The highest BCUT2D eigenvalue weighted by Gasteiger charge is 2.13. The van der Waals surface area contributed by atoms with Gasteiger partial charge in [-0.25, -0.2) is 9.36 Å². The van der Waals surface area contributed by atoms with Crippen molar-refractivity contribution in [1.82, 2.24) is 10.6 Å². The first-order chi connectivity index (χ1) is 10.7. The normalized spacial score (nSPS) is 10.7. The minimum absolute atomic E-state index is 0.212. The van der Waals surface area contributed by atoms with Gasteiger partial charge in [-0.15, -0.1) is 0 Å². The van der Waals surface area contributed by atoms with Gasteiger partial charge in [0.2, 0.25) is 0 Å². The molecule has 0 rings (SSSR count). The molecule has 0 radical (unpaired) electrons. The van der Waals surface area contributed by atoms with Gasteiger partial charge in [-0.2, -0.15) is 0 Å². The van der Waals surface area contributed by atoms with E-state index in [0.717, 1.165) is 26.2 Å². The van der Waals surface area contributed by atoms with Gasteiger partial charge in [0, 0.05) is 44.8 Å². The number of ether oxygens (including phenoxy) is 1. The molecule has 0 saturated heterocycles. The average molecular weight is 356 g/mol. The number of nitrogens with one attached hydrogen (secondary N) is 2. The van der Waals surface area contributed by atoms with Gasteiger partial charge in [-0.05, 0) is 6.92 Å². The summed E-state index contributed by atoms with van der Waals surface area (Å²) in [5.74, 6) is -0.616. The average Bonchev–Trinajstić information content (AvgIpc) is 2.46. The topological polar surface area (TPSA) is 169 Å². The van der Waals surface area contributed by atoms with E-state index in [1.807, 2.05) is 0 Å². The molecule has 0 saturated carbocycles. The highest BCUT2D eigenvalue weighted by Crippen LogP contribution is 2.35. The summed E-state index contributed by atoms with van der Waals surface area (Å²) >= 11 is 0. The summed E-state index contributed by atoms with van der Waals surface area (Å²) in [7, 11) is -4.46. The molecule has 0 amide bonds. The standard InChI is InChI=1S/C6H18N4.C6H11O6P/c7-1-3-9-5-6-10-4-2-8;1-5(2)6(7)11-3-4-12-13(8,9)10/h9-10H,1-8H2;1,3-4H2,2H3,(H2,8,9,10). The predicted octanol–water partition coefficient (Wildman–Crippen LogP) is -1.70. The molecule has 0 spiro atoms. The lowest BCUT2D eigenvalue weighted by atomic mass is 10.4. The molecule has 0 atom stereocenters. The fraction of sp³-hybridized carbons (Fsp3) is 0.750. The quantitative estimate of drug-likeness (QED) is 0.102. The number of phosphoric acid groups is 1. The maximum absolute atomic E-state index is 10.7. The molecule has 0 aromatic carbocycles. The Morgan fingerprint density at radius 3 is 1.91 bits per heavy atom. The van der Waals surface area contributed by atoms with Crippen LogP contribution in [0.3, 0.4) is 0 Å². The summed E-state index contributed by atoms with van der Waals surface area (Å²) in [6.07, 6.45) is 0. The van der Waals surface area contributed by atoms with Crippen LogP contribution in [0, 0.1) is 0 Å². The second kappa shape index (κ2) is 16.0. The maximum Gasteiger partial charge on any atom is 0.469 e. The van der Waals surface area contributed by atoms with Gasteiger partial charge < -0.3 is 36.6 Å². The summed E-state index contributed by atoms with van der Waals surface area (Å²) in [5, 5.41) is 6.33. The van der Waals surface area contributed by atoms with Crippen LogP contribution in [-0.2, 0) is 18.6 Å². The zero-order valence-electron chi connectivity index (χ0n) is 13.5. The molecule has 0 fully saturated rings. The first-order valence-electron chi connectivity index (χ1n) is 7.09. The van der Waals surface area contributed by atoms with Crippen LogP contribution >= 0.6 is 7.82 Å². The Morgan fingerprint density at radius 1 is 1.09 bits per heavy atom. The largest absolute Gasteiger partial charge is 0.469 e. The van der Waals surface area contributed by atoms with E-state index >= 15 is 0 Å². The molecular weight excluding hydrogens is 327 g/mol. The summed E-state index contributed by atoms with van der Waals surface area (Å²) < 4.78 is 18.6. The third-order valence-electron chi connectivity index (χ3n) is 2.05. The molecule has 0 heterocycles. The van der Waals surface area contributed by atoms with Crippen molar-refractivity contribution in [3.8, 4) is 0 Å². The van der Waals surface area contributed by atoms with E-state index in [1.165, 1.54) is 6.92 Å². The van der Waals surface area contributed by atoms with Gasteiger partial charge in [-0.3, -0.25) is 4.52 Å². The number of carbonyl (C=O) groups is 1. The number of rotatable bonds is 12. The minimum atomic E-state index is -4.46. The third kappa shape index (κ3) is 23.6. The molecule has 8 N–H and O–H groups in total. The van der Waals surface area contributed by atoms with Crippen molar-refractivity contribution in [2.45, 2.75) is 6.92 Å². The van der Waals surface area contributed by atoms with Crippen LogP contribution in [-0.4, -0.2) is 68.2 Å². The maximum atomic E-state index is 10.7. The number of phosphoric ester groups is 1. The van der Waals surface area contributed by atoms with Gasteiger partial charge in [0.1, 0.15) is 6.61 Å². The molecule has 0 unspecified atom stereocenters. The number of hydrogen-bond donors (Lipinski definition) is 6. The zero-order valence-corrected chi connectivity index (χ0v) is 14.4. The smallest absolute Gasteiger partial charge is 0.460 e. The van der Waals surface area contributed by atoms with Crippen LogP contribution in [0.4, 0.5) is 0 Å². The van der Waals surface area contributed by atoms with Crippen molar-refractivity contribution in [2.75, 3.05) is 52.5 Å². The molecule has 0 aromatic rings. The summed E-state index contributed by atoms with van der Waals surface area (Å²) in [6.45, 7) is 9.36. The monoisotopic (exact) mass is 356 g/mol. The Balaban J connectivity index is 0. The van der Waals surface area contributed by atoms with E-state index in [-0.39, 0.29) is 18.8 Å². The van der Waals surface area contributed by atoms with Crippen LogP contribution < -0.4 is 22.1 Å².